The Labute approximate surface area is 82.0 Å². The van der Waals surface area contributed by atoms with E-state index in [2.05, 4.69) is 39.3 Å². The summed E-state index contributed by atoms with van der Waals surface area (Å²) in [4.78, 5) is 0. The van der Waals surface area contributed by atoms with Crippen LogP contribution >= 0.6 is 0 Å². The first-order chi connectivity index (χ1) is 4.71. The summed E-state index contributed by atoms with van der Waals surface area (Å²) in [6.07, 6.45) is 0. The third-order valence-electron chi connectivity index (χ3n) is 1.51. The molecule has 0 rings (SSSR count). The van der Waals surface area contributed by atoms with Gasteiger partial charge in [0.1, 0.15) is 0 Å². The van der Waals surface area contributed by atoms with Gasteiger partial charge in [-0.15, -0.1) is 0 Å². The molecule has 0 atom stereocenters. The van der Waals surface area contributed by atoms with Gasteiger partial charge in [-0.25, -0.2) is 0 Å². The third kappa shape index (κ3) is 11.1. The molecule has 0 saturated carbocycles. The van der Waals surface area contributed by atoms with Gasteiger partial charge in [0.25, 0.3) is 0 Å². The second-order valence-electron chi connectivity index (χ2n) is 5.82. The Morgan fingerprint density at radius 1 is 0.727 bits per heavy atom. The van der Waals surface area contributed by atoms with Crippen LogP contribution in [0.15, 0.2) is 0 Å². The van der Waals surface area contributed by atoms with Crippen LogP contribution in [-0.2, 0) is 0 Å². The van der Waals surface area contributed by atoms with Crippen LogP contribution in [-0.4, -0.2) is 33.6 Å². The third-order valence-corrected chi connectivity index (χ3v) is 23.6. The Bertz CT molecular complexity index is 96.2. The van der Waals surface area contributed by atoms with Gasteiger partial charge >= 0.3 is 82.0 Å². The molecule has 0 aromatic heterocycles. The molecule has 0 saturated heterocycles. The van der Waals surface area contributed by atoms with Gasteiger partial charge in [0.15, 0.2) is 0 Å². The molecular formula is C8H22GaSi2. The molecule has 0 aliphatic rings. The van der Waals surface area contributed by atoms with Gasteiger partial charge in [-0.2, -0.15) is 0 Å². The molecule has 0 heterocycles. The van der Waals surface area contributed by atoms with Crippen molar-refractivity contribution < 1.29 is 0 Å². The van der Waals surface area contributed by atoms with E-state index >= 15 is 0 Å². The Balaban J connectivity index is 3.44. The second kappa shape index (κ2) is 4.35. The molecule has 3 heteroatoms. The van der Waals surface area contributed by atoms with Crippen LogP contribution in [0.4, 0.5) is 0 Å². The molecule has 0 spiro atoms. The van der Waals surface area contributed by atoms with Crippen molar-refractivity contribution in [3.05, 3.63) is 0 Å². The van der Waals surface area contributed by atoms with Crippen LogP contribution in [0, 0.1) is 0 Å². The zero-order valence-corrected chi connectivity index (χ0v) is 13.4. The minimum absolute atomic E-state index is 0.181. The first-order valence-electron chi connectivity index (χ1n) is 4.52. The van der Waals surface area contributed by atoms with Crippen molar-refractivity contribution in [2.75, 3.05) is 0 Å². The molecule has 0 aromatic rings. The maximum atomic E-state index is 2.51. The van der Waals surface area contributed by atoms with Gasteiger partial charge < -0.3 is 0 Å². The van der Waals surface area contributed by atoms with E-state index in [1.807, 2.05) is 0 Å². The standard InChI is InChI=1S/2C4H11Si.Ga/c2*1-5(2,3)4;/h2*1H2,2-4H3;. The SMILES string of the molecule is C[Si](C)(C)[CH2][Ga][CH2][Si](C)(C)C. The fourth-order valence-electron chi connectivity index (χ4n) is 0.938. The van der Waals surface area contributed by atoms with Crippen molar-refractivity contribution in [2.24, 2.45) is 0 Å². The van der Waals surface area contributed by atoms with Gasteiger partial charge in [-0.05, 0) is 0 Å². The van der Waals surface area contributed by atoms with E-state index < -0.39 is 16.1 Å². The molecule has 0 N–H and O–H groups in total. The average Bonchev–Trinajstić information content (AvgIpc) is 1.55. The van der Waals surface area contributed by atoms with E-state index in [0.29, 0.717) is 0 Å². The van der Waals surface area contributed by atoms with Gasteiger partial charge in [-0.3, -0.25) is 0 Å². The van der Waals surface area contributed by atoms with E-state index in [1.165, 1.54) is 0 Å². The molecule has 0 nitrogen and oxygen atoms in total. The molecule has 0 bridgehead atoms. The number of hydrogen-bond donors (Lipinski definition) is 0. The summed E-state index contributed by atoms with van der Waals surface area (Å²) in [5.74, 6) is 0. The second-order valence-corrected chi connectivity index (χ2v) is 23.2. The van der Waals surface area contributed by atoms with Crippen LogP contribution in [0.25, 0.3) is 0 Å². The van der Waals surface area contributed by atoms with Crippen molar-refractivity contribution in [3.63, 3.8) is 0 Å². The predicted octanol–water partition coefficient (Wildman–Crippen LogP) is 3.28. The molecule has 11 heavy (non-hydrogen) atoms. The van der Waals surface area contributed by atoms with E-state index in [-0.39, 0.29) is 17.4 Å². The predicted molar refractivity (Wildman–Crippen MR) is 62.1 cm³/mol. The van der Waals surface area contributed by atoms with Crippen LogP contribution in [0.1, 0.15) is 0 Å². The van der Waals surface area contributed by atoms with E-state index in [9.17, 15) is 0 Å². The van der Waals surface area contributed by atoms with Crippen molar-refractivity contribution in [1.29, 1.82) is 0 Å². The molecule has 0 aliphatic heterocycles. The summed E-state index contributed by atoms with van der Waals surface area (Å²) in [5, 5.41) is 0. The summed E-state index contributed by atoms with van der Waals surface area (Å²) in [7, 11) is -1.33. The van der Waals surface area contributed by atoms with Crippen LogP contribution in [0.3, 0.4) is 0 Å². The molecule has 0 fully saturated rings. The quantitative estimate of drug-likeness (QED) is 0.666. The molecule has 0 aliphatic carbocycles. The number of rotatable bonds is 4. The van der Waals surface area contributed by atoms with E-state index in [4.69, 9.17) is 0 Å². The average molecular weight is 244 g/mol. The van der Waals surface area contributed by atoms with Gasteiger partial charge in [0.05, 0.1) is 0 Å². The number of hydrogen-bond acceptors (Lipinski definition) is 0. The Morgan fingerprint density at radius 2 is 1.00 bits per heavy atom. The summed E-state index contributed by atoms with van der Waals surface area (Å²) < 4.78 is 3.36. The molecule has 0 amide bonds. The summed E-state index contributed by atoms with van der Waals surface area (Å²) in [6.45, 7) is 15.1. The van der Waals surface area contributed by atoms with Gasteiger partial charge in [-0.1, -0.05) is 0 Å². The van der Waals surface area contributed by atoms with E-state index in [0.717, 1.165) is 0 Å². The van der Waals surface area contributed by atoms with Crippen LogP contribution < -0.4 is 0 Å². The topological polar surface area (TPSA) is 0 Å². The van der Waals surface area contributed by atoms with Crippen molar-refractivity contribution >= 4 is 33.6 Å². The normalized spacial score (nSPS) is 13.3. The fourth-order valence-corrected chi connectivity index (χ4v) is 16.9. The maximum absolute atomic E-state index is 2.51. The first kappa shape index (κ1) is 12.1. The Morgan fingerprint density at radius 3 is 1.18 bits per heavy atom. The molecule has 65 valence electrons. The van der Waals surface area contributed by atoms with Gasteiger partial charge in [0, 0.05) is 0 Å². The fraction of sp³-hybridized carbons (Fsp3) is 1.00. The van der Waals surface area contributed by atoms with Gasteiger partial charge in [0.2, 0.25) is 0 Å². The first-order valence-corrected chi connectivity index (χ1v) is 15.4. The molecule has 0 unspecified atom stereocenters. The summed E-state index contributed by atoms with van der Waals surface area (Å²) >= 11 is 0.181. The molecule has 1 radical (unpaired) electrons. The zero-order chi connectivity index (χ0) is 9.12. The van der Waals surface area contributed by atoms with Crippen molar-refractivity contribution in [1.82, 2.24) is 0 Å². The van der Waals surface area contributed by atoms with Crippen LogP contribution in [0.5, 0.6) is 0 Å². The zero-order valence-electron chi connectivity index (χ0n) is 8.99. The Hall–Kier alpha value is 1.07. The van der Waals surface area contributed by atoms with Crippen molar-refractivity contribution in [2.45, 2.75) is 48.5 Å². The Kier molecular flexibility index (Phi) is 4.77. The van der Waals surface area contributed by atoms with Crippen LogP contribution in [0.2, 0.25) is 48.5 Å². The summed E-state index contributed by atoms with van der Waals surface area (Å²) in [6, 6.07) is 0. The monoisotopic (exact) mass is 243 g/mol. The molecule has 0 aromatic carbocycles. The minimum atomic E-state index is -0.665. The summed E-state index contributed by atoms with van der Waals surface area (Å²) in [5.41, 5.74) is 0. The van der Waals surface area contributed by atoms with Crippen molar-refractivity contribution in [3.8, 4) is 0 Å². The van der Waals surface area contributed by atoms with E-state index in [1.54, 1.807) is 9.20 Å². The molecular weight excluding hydrogens is 222 g/mol.